The molecule has 0 saturated carbocycles. The molecule has 2 N–H and O–H groups in total. The van der Waals surface area contributed by atoms with Crippen LogP contribution in [-0.4, -0.2) is 10.9 Å². The lowest BCUT2D eigenvalue weighted by molar-refractivity contribution is 0.252. The maximum Gasteiger partial charge on any atom is 0.0670 e. The van der Waals surface area contributed by atoms with Crippen molar-refractivity contribution >= 4 is 5.71 Å². The Morgan fingerprint density at radius 2 is 1.21 bits per heavy atom. The molecule has 0 radical (unpaired) electrons. The van der Waals surface area contributed by atoms with E-state index in [0.717, 1.165) is 18.6 Å². The molecule has 0 aromatic heterocycles. The van der Waals surface area contributed by atoms with Crippen molar-refractivity contribution in [2.45, 2.75) is 38.8 Å². The van der Waals surface area contributed by atoms with Gasteiger partial charge in [0.1, 0.15) is 0 Å². The van der Waals surface area contributed by atoms with Gasteiger partial charge >= 0.3 is 0 Å². The average Bonchev–Trinajstić information content (AvgIpc) is 2.67. The third kappa shape index (κ3) is 3.09. The summed E-state index contributed by atoms with van der Waals surface area (Å²) in [7, 11) is 0. The fraction of sp³-hybridized carbons (Fsp3) is 0.381. The Kier molecular flexibility index (Phi) is 5.31. The topological polar surface area (TPSA) is 44.6 Å². The number of piperidine rings is 1. The Morgan fingerprint density at radius 3 is 1.54 bits per heavy atom. The summed E-state index contributed by atoms with van der Waals surface area (Å²) in [6.07, 6.45) is 1.90. The summed E-state index contributed by atoms with van der Waals surface area (Å²) in [5.74, 6) is 0.421. The van der Waals surface area contributed by atoms with E-state index < -0.39 is 0 Å². The van der Waals surface area contributed by atoms with Gasteiger partial charge in [-0.25, -0.2) is 0 Å². The summed E-state index contributed by atoms with van der Waals surface area (Å²) >= 11 is 0. The molecular formula is C21H26N2O. The van der Waals surface area contributed by atoms with Crippen molar-refractivity contribution < 1.29 is 5.21 Å². The average molecular weight is 322 g/mol. The van der Waals surface area contributed by atoms with Crippen LogP contribution in [0.2, 0.25) is 0 Å². The lowest BCUT2D eigenvalue weighted by Gasteiger charge is -2.43. The first-order chi connectivity index (χ1) is 11.8. The summed E-state index contributed by atoms with van der Waals surface area (Å²) in [6, 6.07) is 21.3. The molecule has 2 aromatic rings. The van der Waals surface area contributed by atoms with Crippen molar-refractivity contribution in [1.29, 1.82) is 0 Å². The first-order valence-corrected chi connectivity index (χ1v) is 8.87. The third-order valence-electron chi connectivity index (χ3n) is 5.24. The zero-order valence-electron chi connectivity index (χ0n) is 14.4. The van der Waals surface area contributed by atoms with E-state index in [2.05, 4.69) is 72.9 Å². The van der Waals surface area contributed by atoms with Crippen molar-refractivity contribution in [2.75, 3.05) is 0 Å². The van der Waals surface area contributed by atoms with Gasteiger partial charge in [0.2, 0.25) is 0 Å². The van der Waals surface area contributed by atoms with Crippen molar-refractivity contribution in [3.63, 3.8) is 0 Å². The van der Waals surface area contributed by atoms with Gasteiger partial charge in [0.25, 0.3) is 0 Å². The third-order valence-corrected chi connectivity index (χ3v) is 5.24. The van der Waals surface area contributed by atoms with E-state index in [1.807, 2.05) is 12.1 Å². The van der Waals surface area contributed by atoms with Crippen LogP contribution in [0, 0.1) is 11.8 Å². The fourth-order valence-electron chi connectivity index (χ4n) is 4.06. The van der Waals surface area contributed by atoms with Gasteiger partial charge in [-0.1, -0.05) is 79.7 Å². The van der Waals surface area contributed by atoms with E-state index in [9.17, 15) is 5.21 Å². The minimum Gasteiger partial charge on any atom is -0.411 e. The largest absolute Gasteiger partial charge is 0.411 e. The molecule has 1 heterocycles. The number of hydrogen-bond acceptors (Lipinski definition) is 3. The maximum absolute atomic E-state index is 9.78. The predicted octanol–water partition coefficient (Wildman–Crippen LogP) is 4.95. The minimum atomic E-state index is 0.162. The molecule has 3 nitrogen and oxygen atoms in total. The van der Waals surface area contributed by atoms with Crippen molar-refractivity contribution in [3.05, 3.63) is 71.8 Å². The Labute approximate surface area is 144 Å². The van der Waals surface area contributed by atoms with E-state index in [1.165, 1.54) is 11.1 Å². The fourth-order valence-corrected chi connectivity index (χ4v) is 4.06. The second-order valence-corrected chi connectivity index (χ2v) is 6.50. The van der Waals surface area contributed by atoms with Crippen LogP contribution in [0.1, 0.15) is 49.9 Å². The van der Waals surface area contributed by atoms with Gasteiger partial charge in [-0.3, -0.25) is 0 Å². The Bertz CT molecular complexity index is 613. The highest BCUT2D eigenvalue weighted by atomic mass is 16.4. The summed E-state index contributed by atoms with van der Waals surface area (Å²) < 4.78 is 0. The number of rotatable bonds is 4. The molecule has 126 valence electrons. The molecular weight excluding hydrogens is 296 g/mol. The highest BCUT2D eigenvalue weighted by Crippen LogP contribution is 2.41. The molecule has 1 aliphatic rings. The quantitative estimate of drug-likeness (QED) is 0.617. The number of hydrogen-bond donors (Lipinski definition) is 2. The predicted molar refractivity (Wildman–Crippen MR) is 98.3 cm³/mol. The molecule has 0 spiro atoms. The first-order valence-electron chi connectivity index (χ1n) is 8.87. The summed E-state index contributed by atoms with van der Waals surface area (Å²) in [5, 5.41) is 17.4. The minimum absolute atomic E-state index is 0.162. The number of nitrogens with one attached hydrogen (secondary N) is 1. The van der Waals surface area contributed by atoms with E-state index in [0.29, 0.717) is 0 Å². The molecule has 2 aromatic carbocycles. The second kappa shape index (κ2) is 7.63. The number of nitrogens with zero attached hydrogens (tertiary/aromatic N) is 1. The molecule has 3 rings (SSSR count). The highest BCUT2D eigenvalue weighted by molar-refractivity contribution is 5.91. The van der Waals surface area contributed by atoms with Gasteiger partial charge in [0.15, 0.2) is 0 Å². The van der Waals surface area contributed by atoms with Crippen LogP contribution in [0.3, 0.4) is 0 Å². The zero-order chi connectivity index (χ0) is 16.9. The second-order valence-electron chi connectivity index (χ2n) is 6.50. The number of oxime groups is 1. The lowest BCUT2D eigenvalue weighted by Crippen LogP contribution is -2.48. The van der Waals surface area contributed by atoms with E-state index in [1.54, 1.807) is 0 Å². The van der Waals surface area contributed by atoms with Crippen molar-refractivity contribution in [2.24, 2.45) is 17.0 Å². The molecule has 3 heteroatoms. The zero-order valence-corrected chi connectivity index (χ0v) is 14.4. The standard InChI is InChI=1S/C21H26N2O/c1-3-17-19(15-11-7-5-8-12-15)22-20(16-13-9-6-10-14-16)18(4-2)21(17)23-24/h5-14,17-20,22,24H,3-4H2,1-2H3/t17-,18+,19+,20-. The van der Waals surface area contributed by atoms with Gasteiger partial charge in [0, 0.05) is 23.9 Å². The van der Waals surface area contributed by atoms with Gasteiger partial charge in [0.05, 0.1) is 5.71 Å². The van der Waals surface area contributed by atoms with E-state index >= 15 is 0 Å². The van der Waals surface area contributed by atoms with Gasteiger partial charge in [-0.05, 0) is 24.0 Å². The summed E-state index contributed by atoms with van der Waals surface area (Å²) in [6.45, 7) is 4.34. The SMILES string of the molecule is CC[C@@H]1C(=NO)[C@H](CC)[C@H](c2ccccc2)N[C@@H]1c1ccccc1. The normalized spacial score (nSPS) is 28.8. The molecule has 24 heavy (non-hydrogen) atoms. The Hall–Kier alpha value is -2.13. The summed E-state index contributed by atoms with van der Waals surface area (Å²) in [4.78, 5) is 0. The molecule has 1 saturated heterocycles. The Morgan fingerprint density at radius 1 is 0.792 bits per heavy atom. The maximum atomic E-state index is 9.78. The molecule has 0 unspecified atom stereocenters. The molecule has 1 aliphatic heterocycles. The summed E-state index contributed by atoms with van der Waals surface area (Å²) in [5.41, 5.74) is 3.43. The van der Waals surface area contributed by atoms with Crippen LogP contribution in [0.4, 0.5) is 0 Å². The molecule has 0 amide bonds. The van der Waals surface area contributed by atoms with Crippen LogP contribution in [0.25, 0.3) is 0 Å². The molecule has 1 fully saturated rings. The van der Waals surface area contributed by atoms with E-state index in [-0.39, 0.29) is 23.9 Å². The van der Waals surface area contributed by atoms with Crippen LogP contribution in [0.5, 0.6) is 0 Å². The first kappa shape index (κ1) is 16.7. The van der Waals surface area contributed by atoms with Crippen LogP contribution < -0.4 is 5.32 Å². The lowest BCUT2D eigenvalue weighted by atomic mass is 9.72. The highest BCUT2D eigenvalue weighted by Gasteiger charge is 2.41. The van der Waals surface area contributed by atoms with Crippen LogP contribution in [-0.2, 0) is 0 Å². The van der Waals surface area contributed by atoms with E-state index in [4.69, 9.17) is 0 Å². The smallest absolute Gasteiger partial charge is 0.0670 e. The molecule has 0 bridgehead atoms. The van der Waals surface area contributed by atoms with Gasteiger partial charge < -0.3 is 10.5 Å². The van der Waals surface area contributed by atoms with Gasteiger partial charge in [-0.15, -0.1) is 0 Å². The monoisotopic (exact) mass is 322 g/mol. The van der Waals surface area contributed by atoms with Gasteiger partial charge in [-0.2, -0.15) is 0 Å². The van der Waals surface area contributed by atoms with Crippen LogP contribution >= 0.6 is 0 Å². The molecule has 4 atom stereocenters. The van der Waals surface area contributed by atoms with Crippen LogP contribution in [0.15, 0.2) is 65.8 Å². The Balaban J connectivity index is 2.04. The van der Waals surface area contributed by atoms with Crippen molar-refractivity contribution in [1.82, 2.24) is 5.32 Å². The van der Waals surface area contributed by atoms with Crippen molar-refractivity contribution in [3.8, 4) is 0 Å². The number of benzene rings is 2. The molecule has 0 aliphatic carbocycles.